The fourth-order valence-corrected chi connectivity index (χ4v) is 3.79. The highest BCUT2D eigenvalue weighted by atomic mass is 35.5. The Bertz CT molecular complexity index is 378. The van der Waals surface area contributed by atoms with Crippen LogP contribution >= 0.6 is 35.0 Å². The fourth-order valence-electron chi connectivity index (χ4n) is 2.04. The van der Waals surface area contributed by atoms with Gasteiger partial charge in [-0.25, -0.2) is 0 Å². The second-order valence-corrected chi connectivity index (χ2v) is 6.52. The quantitative estimate of drug-likeness (QED) is 0.882. The van der Waals surface area contributed by atoms with E-state index >= 15 is 0 Å². The summed E-state index contributed by atoms with van der Waals surface area (Å²) >= 11 is 14.2. The van der Waals surface area contributed by atoms with E-state index in [1.807, 2.05) is 30.0 Å². The van der Waals surface area contributed by atoms with Gasteiger partial charge >= 0.3 is 0 Å². The Hall–Kier alpha value is 0.110. The normalized spacial score (nSPS) is 21.7. The minimum absolute atomic E-state index is 0.256. The SMILES string of the molecule is CC(NCC1CCSC1)c1cc(Cl)ccc1Cl. The summed E-state index contributed by atoms with van der Waals surface area (Å²) in [6.07, 6.45) is 1.33. The van der Waals surface area contributed by atoms with Crippen LogP contribution in [0.15, 0.2) is 18.2 Å². The average molecular weight is 290 g/mol. The Morgan fingerprint density at radius 1 is 1.47 bits per heavy atom. The molecular weight excluding hydrogens is 273 g/mol. The summed E-state index contributed by atoms with van der Waals surface area (Å²) in [6.45, 7) is 3.21. The molecule has 1 aliphatic heterocycles. The van der Waals surface area contributed by atoms with Crippen molar-refractivity contribution >= 4 is 35.0 Å². The summed E-state index contributed by atoms with van der Waals surface area (Å²) < 4.78 is 0. The molecule has 94 valence electrons. The number of nitrogens with one attached hydrogen (secondary N) is 1. The molecule has 1 N–H and O–H groups in total. The molecular formula is C13H17Cl2NS. The molecule has 1 aromatic carbocycles. The third kappa shape index (κ3) is 3.78. The van der Waals surface area contributed by atoms with Crippen LogP contribution in [-0.2, 0) is 0 Å². The van der Waals surface area contributed by atoms with Crippen LogP contribution in [0.4, 0.5) is 0 Å². The molecule has 2 rings (SSSR count). The fraction of sp³-hybridized carbons (Fsp3) is 0.538. The van der Waals surface area contributed by atoms with Gasteiger partial charge in [-0.3, -0.25) is 0 Å². The molecule has 1 aromatic rings. The summed E-state index contributed by atoms with van der Waals surface area (Å²) in [5.74, 6) is 3.39. The second kappa shape index (κ2) is 6.33. The van der Waals surface area contributed by atoms with E-state index in [9.17, 15) is 0 Å². The van der Waals surface area contributed by atoms with Crippen molar-refractivity contribution in [2.45, 2.75) is 19.4 Å². The predicted octanol–water partition coefficient (Wildman–Crippen LogP) is 4.40. The van der Waals surface area contributed by atoms with Crippen molar-refractivity contribution < 1.29 is 0 Å². The molecule has 0 saturated carbocycles. The number of rotatable bonds is 4. The minimum atomic E-state index is 0.256. The van der Waals surface area contributed by atoms with Crippen LogP contribution in [0.3, 0.4) is 0 Å². The highest BCUT2D eigenvalue weighted by Gasteiger charge is 2.17. The molecule has 1 aliphatic rings. The summed E-state index contributed by atoms with van der Waals surface area (Å²) in [4.78, 5) is 0. The van der Waals surface area contributed by atoms with E-state index in [-0.39, 0.29) is 6.04 Å². The molecule has 4 heteroatoms. The van der Waals surface area contributed by atoms with Crippen LogP contribution in [-0.4, -0.2) is 18.1 Å². The van der Waals surface area contributed by atoms with Gasteiger partial charge in [-0.1, -0.05) is 23.2 Å². The van der Waals surface area contributed by atoms with Gasteiger partial charge in [0.05, 0.1) is 0 Å². The molecule has 0 spiro atoms. The Labute approximate surface area is 117 Å². The largest absolute Gasteiger partial charge is 0.310 e. The summed E-state index contributed by atoms with van der Waals surface area (Å²) in [5, 5.41) is 5.08. The lowest BCUT2D eigenvalue weighted by molar-refractivity contribution is 0.477. The van der Waals surface area contributed by atoms with E-state index in [1.54, 1.807) is 0 Å². The molecule has 1 nitrogen and oxygen atoms in total. The molecule has 2 unspecified atom stereocenters. The van der Waals surface area contributed by atoms with Crippen molar-refractivity contribution in [1.29, 1.82) is 0 Å². The zero-order chi connectivity index (χ0) is 12.3. The van der Waals surface area contributed by atoms with Crippen LogP contribution in [0.2, 0.25) is 10.0 Å². The zero-order valence-electron chi connectivity index (χ0n) is 9.88. The molecule has 1 saturated heterocycles. The van der Waals surface area contributed by atoms with Crippen LogP contribution in [0, 0.1) is 5.92 Å². The van der Waals surface area contributed by atoms with Crippen LogP contribution in [0.5, 0.6) is 0 Å². The Morgan fingerprint density at radius 3 is 3.00 bits per heavy atom. The Morgan fingerprint density at radius 2 is 2.29 bits per heavy atom. The summed E-state index contributed by atoms with van der Waals surface area (Å²) in [5.41, 5.74) is 1.09. The van der Waals surface area contributed by atoms with Crippen LogP contribution in [0.1, 0.15) is 24.9 Å². The maximum absolute atomic E-state index is 6.18. The lowest BCUT2D eigenvalue weighted by Gasteiger charge is -2.18. The van der Waals surface area contributed by atoms with Gasteiger partial charge in [0.1, 0.15) is 0 Å². The number of benzene rings is 1. The van der Waals surface area contributed by atoms with E-state index in [1.165, 1.54) is 17.9 Å². The van der Waals surface area contributed by atoms with Gasteiger partial charge in [-0.15, -0.1) is 0 Å². The molecule has 0 amide bonds. The first-order valence-corrected chi connectivity index (χ1v) is 7.84. The standard InChI is InChI=1S/C13H17Cl2NS/c1-9(16-7-10-4-5-17-8-10)12-6-11(14)2-3-13(12)15/h2-3,6,9-10,16H,4-5,7-8H2,1H3. The van der Waals surface area contributed by atoms with Crippen molar-refractivity contribution in [1.82, 2.24) is 5.32 Å². The number of thioether (sulfide) groups is 1. The summed E-state index contributed by atoms with van der Waals surface area (Å²) in [7, 11) is 0. The van der Waals surface area contributed by atoms with Gasteiger partial charge in [-0.2, -0.15) is 11.8 Å². The van der Waals surface area contributed by atoms with Gasteiger partial charge in [-0.05, 0) is 61.1 Å². The lowest BCUT2D eigenvalue weighted by atomic mass is 10.1. The average Bonchev–Trinajstić information content (AvgIpc) is 2.82. The van der Waals surface area contributed by atoms with Gasteiger partial charge in [0.15, 0.2) is 0 Å². The van der Waals surface area contributed by atoms with E-state index in [4.69, 9.17) is 23.2 Å². The lowest BCUT2D eigenvalue weighted by Crippen LogP contribution is -2.25. The van der Waals surface area contributed by atoms with Crippen molar-refractivity contribution in [2.24, 2.45) is 5.92 Å². The molecule has 0 radical (unpaired) electrons. The van der Waals surface area contributed by atoms with Crippen LogP contribution in [0.25, 0.3) is 0 Å². The minimum Gasteiger partial charge on any atom is -0.310 e. The third-order valence-electron chi connectivity index (χ3n) is 3.16. The molecule has 17 heavy (non-hydrogen) atoms. The Balaban J connectivity index is 1.93. The zero-order valence-corrected chi connectivity index (χ0v) is 12.2. The van der Waals surface area contributed by atoms with Crippen molar-refractivity contribution in [3.63, 3.8) is 0 Å². The monoisotopic (exact) mass is 289 g/mol. The van der Waals surface area contributed by atoms with Gasteiger partial charge < -0.3 is 5.32 Å². The second-order valence-electron chi connectivity index (χ2n) is 4.53. The maximum Gasteiger partial charge on any atom is 0.0454 e. The topological polar surface area (TPSA) is 12.0 Å². The number of hydrogen-bond acceptors (Lipinski definition) is 2. The number of halogens is 2. The first-order valence-electron chi connectivity index (χ1n) is 5.93. The maximum atomic E-state index is 6.18. The molecule has 1 heterocycles. The highest BCUT2D eigenvalue weighted by Crippen LogP contribution is 2.27. The molecule has 0 aliphatic carbocycles. The molecule has 0 bridgehead atoms. The van der Waals surface area contributed by atoms with Gasteiger partial charge in [0.25, 0.3) is 0 Å². The van der Waals surface area contributed by atoms with E-state index < -0.39 is 0 Å². The molecule has 1 fully saturated rings. The van der Waals surface area contributed by atoms with E-state index in [0.717, 1.165) is 28.1 Å². The van der Waals surface area contributed by atoms with Gasteiger partial charge in [0.2, 0.25) is 0 Å². The highest BCUT2D eigenvalue weighted by molar-refractivity contribution is 7.99. The Kier molecular flexibility index (Phi) is 5.04. The molecule has 0 aromatic heterocycles. The summed E-state index contributed by atoms with van der Waals surface area (Å²) in [6, 6.07) is 5.90. The first-order chi connectivity index (χ1) is 8.16. The predicted molar refractivity (Wildman–Crippen MR) is 78.3 cm³/mol. The van der Waals surface area contributed by atoms with Gasteiger partial charge in [0, 0.05) is 16.1 Å². The smallest absolute Gasteiger partial charge is 0.0454 e. The number of hydrogen-bond donors (Lipinski definition) is 1. The van der Waals surface area contributed by atoms with Crippen molar-refractivity contribution in [3.8, 4) is 0 Å². The van der Waals surface area contributed by atoms with Crippen molar-refractivity contribution in [2.75, 3.05) is 18.1 Å². The van der Waals surface area contributed by atoms with Crippen molar-refractivity contribution in [3.05, 3.63) is 33.8 Å². The van der Waals surface area contributed by atoms with E-state index in [2.05, 4.69) is 12.2 Å². The molecule has 2 atom stereocenters. The first kappa shape index (κ1) is 13.5. The third-order valence-corrected chi connectivity index (χ3v) is 4.97. The van der Waals surface area contributed by atoms with E-state index in [0.29, 0.717) is 0 Å². The van der Waals surface area contributed by atoms with Crippen LogP contribution < -0.4 is 5.32 Å².